The minimum absolute atomic E-state index is 0.00172. The van der Waals surface area contributed by atoms with Crippen molar-refractivity contribution in [2.75, 3.05) is 19.6 Å². The molecule has 4 N–H and O–H groups in total. The highest BCUT2D eigenvalue weighted by molar-refractivity contribution is 6.38. The van der Waals surface area contributed by atoms with Gasteiger partial charge in [0, 0.05) is 31.9 Å². The lowest BCUT2D eigenvalue weighted by Crippen LogP contribution is -2.62. The quantitative estimate of drug-likeness (QED) is 0.180. The maximum absolute atomic E-state index is 15.4. The number of carbonyl (C=O) groups excluding carboxylic acids is 7. The molecule has 2 aromatic rings. The zero-order valence-corrected chi connectivity index (χ0v) is 38.0. The SMILES string of the molecule is CCCC(NC(=O)[C@@H]1CC2(CN1C(=O)[C@@H](NC(=O)[C@@H](NC(=O)c1cnccn1)C1CCCCC1)C(C)(C)C)N(CC(C)C)C(=O)[C@H]1CCCN12)C(=O)C(=O)N[C@@H](C)c1ccccc1. The van der Waals surface area contributed by atoms with E-state index in [1.807, 2.05) is 76.8 Å². The molecule has 1 aromatic carbocycles. The van der Waals surface area contributed by atoms with E-state index in [-0.39, 0.29) is 48.9 Å². The zero-order chi connectivity index (χ0) is 45.6. The van der Waals surface area contributed by atoms with Crippen LogP contribution in [-0.2, 0) is 28.8 Å². The summed E-state index contributed by atoms with van der Waals surface area (Å²) in [5.41, 5.74) is -1.03. The fraction of sp³-hybridized carbons (Fsp3) is 0.638. The van der Waals surface area contributed by atoms with E-state index < -0.39 is 76.6 Å². The average molecular weight is 870 g/mol. The van der Waals surface area contributed by atoms with Crippen LogP contribution in [0.5, 0.6) is 0 Å². The van der Waals surface area contributed by atoms with Crippen LogP contribution in [0.1, 0.15) is 135 Å². The summed E-state index contributed by atoms with van der Waals surface area (Å²) in [4.78, 5) is 113. The predicted molar refractivity (Wildman–Crippen MR) is 235 cm³/mol. The lowest BCUT2D eigenvalue weighted by atomic mass is 9.82. The van der Waals surface area contributed by atoms with Gasteiger partial charge in [-0.3, -0.25) is 43.4 Å². The lowest BCUT2D eigenvalue weighted by Gasteiger charge is -2.41. The molecule has 3 saturated heterocycles. The summed E-state index contributed by atoms with van der Waals surface area (Å²) in [5.74, 6) is -3.99. The molecule has 342 valence electrons. The van der Waals surface area contributed by atoms with Crippen molar-refractivity contribution in [2.24, 2.45) is 17.3 Å². The Balaban J connectivity index is 1.32. The van der Waals surface area contributed by atoms with Crippen LogP contribution in [0.25, 0.3) is 0 Å². The Labute approximate surface area is 371 Å². The molecule has 4 fully saturated rings. The van der Waals surface area contributed by atoms with Crippen LogP contribution in [0.15, 0.2) is 48.9 Å². The Hall–Kier alpha value is -5.25. The third-order valence-electron chi connectivity index (χ3n) is 13.3. The number of nitrogens with one attached hydrogen (secondary N) is 4. The highest BCUT2D eigenvalue weighted by Crippen LogP contribution is 2.46. The highest BCUT2D eigenvalue weighted by atomic mass is 16.2. The molecular formula is C47H67N9O7. The number of benzene rings is 1. The number of rotatable bonds is 16. The van der Waals surface area contributed by atoms with Crippen LogP contribution >= 0.6 is 0 Å². The van der Waals surface area contributed by atoms with Gasteiger partial charge in [0.15, 0.2) is 0 Å². The molecule has 4 aliphatic rings. The molecule has 63 heavy (non-hydrogen) atoms. The Morgan fingerprint density at radius 1 is 0.889 bits per heavy atom. The van der Waals surface area contributed by atoms with Gasteiger partial charge in [-0.2, -0.15) is 0 Å². The van der Waals surface area contributed by atoms with Crippen molar-refractivity contribution < 1.29 is 33.6 Å². The van der Waals surface area contributed by atoms with E-state index in [1.165, 1.54) is 23.5 Å². The molecule has 16 nitrogen and oxygen atoms in total. The van der Waals surface area contributed by atoms with Crippen molar-refractivity contribution in [1.82, 2.24) is 45.9 Å². The molecule has 7 atom stereocenters. The van der Waals surface area contributed by atoms with Crippen molar-refractivity contribution in [2.45, 2.75) is 155 Å². The first-order chi connectivity index (χ1) is 30.0. The van der Waals surface area contributed by atoms with Crippen LogP contribution in [0, 0.1) is 17.3 Å². The summed E-state index contributed by atoms with van der Waals surface area (Å²) < 4.78 is 0. The number of likely N-dealkylation sites (tertiary alicyclic amines) is 1. The highest BCUT2D eigenvalue weighted by Gasteiger charge is 2.64. The molecule has 4 heterocycles. The number of ketones is 1. The summed E-state index contributed by atoms with van der Waals surface area (Å²) in [7, 11) is 0. The summed E-state index contributed by atoms with van der Waals surface area (Å²) in [5, 5.41) is 11.6. The number of Topliss-reactive ketones (excluding diaryl/α,β-unsaturated/α-hetero) is 1. The molecule has 0 radical (unpaired) electrons. The third kappa shape index (κ3) is 10.4. The van der Waals surface area contributed by atoms with Crippen molar-refractivity contribution in [3.8, 4) is 0 Å². The van der Waals surface area contributed by atoms with E-state index in [9.17, 15) is 28.8 Å². The standard InChI is InChI=1S/C47H67N9O7/c1-8-16-33(38(57)43(61)50-30(4)31-17-11-9-12-18-31)51-41(59)36-25-47(55-24-15-21-35(55)44(62)56(47)27-29(2)3)28-54(36)45(63)39(46(5,6)7)53-42(60)37(32-19-13-10-14-20-32)52-40(58)34-26-48-22-23-49-34/h9,11-12,17-18,22-23,26,29-30,32-33,35-37,39H,8,10,13-16,19-21,24-25,27-28H2,1-7H3,(H,50,61)(H,51,59)(H,52,58)(H,53,60)/t30-,33?,35+,36-,37-,39+,47?/m0/s1. The number of hydrogen-bond acceptors (Lipinski definition) is 10. The molecule has 3 aliphatic heterocycles. The van der Waals surface area contributed by atoms with Gasteiger partial charge in [-0.05, 0) is 61.8 Å². The number of aromatic nitrogens is 2. The topological polar surface area (TPSA) is 203 Å². The van der Waals surface area contributed by atoms with Gasteiger partial charge in [0.25, 0.3) is 11.8 Å². The molecule has 0 bridgehead atoms. The minimum Gasteiger partial charge on any atom is -0.344 e. The van der Waals surface area contributed by atoms with E-state index in [0.29, 0.717) is 38.8 Å². The Kier molecular flexibility index (Phi) is 15.0. The van der Waals surface area contributed by atoms with Crippen LogP contribution in [0.2, 0.25) is 0 Å². The van der Waals surface area contributed by atoms with Crippen LogP contribution in [0.3, 0.4) is 0 Å². The normalized spacial score (nSPS) is 23.5. The average Bonchev–Trinajstić information content (AvgIpc) is 3.97. The summed E-state index contributed by atoms with van der Waals surface area (Å²) in [6.45, 7) is 14.2. The molecule has 1 saturated carbocycles. The van der Waals surface area contributed by atoms with E-state index in [0.717, 1.165) is 31.2 Å². The first-order valence-electron chi connectivity index (χ1n) is 22.9. The second-order valence-corrected chi connectivity index (χ2v) is 19.4. The van der Waals surface area contributed by atoms with Crippen LogP contribution in [0.4, 0.5) is 0 Å². The summed E-state index contributed by atoms with van der Waals surface area (Å²) >= 11 is 0. The van der Waals surface area contributed by atoms with Gasteiger partial charge in [-0.1, -0.05) is 97.6 Å². The maximum atomic E-state index is 15.4. The first-order valence-corrected chi connectivity index (χ1v) is 22.9. The monoisotopic (exact) mass is 870 g/mol. The van der Waals surface area contributed by atoms with Crippen LogP contribution in [-0.4, -0.2) is 121 Å². The number of fused-ring (bicyclic) bond motifs is 2. The van der Waals surface area contributed by atoms with Crippen molar-refractivity contribution >= 4 is 41.2 Å². The second-order valence-electron chi connectivity index (χ2n) is 19.4. The van der Waals surface area contributed by atoms with E-state index >= 15 is 4.79 Å². The second kappa shape index (κ2) is 20.1. The van der Waals surface area contributed by atoms with Gasteiger partial charge in [0.05, 0.1) is 30.9 Å². The van der Waals surface area contributed by atoms with E-state index in [1.54, 1.807) is 6.92 Å². The first kappa shape index (κ1) is 47.2. The molecule has 6 rings (SSSR count). The van der Waals surface area contributed by atoms with Gasteiger partial charge in [-0.25, -0.2) is 4.98 Å². The van der Waals surface area contributed by atoms with Gasteiger partial charge in [0.1, 0.15) is 29.5 Å². The molecule has 1 aromatic heterocycles. The molecule has 6 amide bonds. The lowest BCUT2D eigenvalue weighted by molar-refractivity contribution is -0.146. The predicted octanol–water partition coefficient (Wildman–Crippen LogP) is 3.68. The van der Waals surface area contributed by atoms with Gasteiger partial charge in [-0.15, -0.1) is 0 Å². The number of hydrogen-bond donors (Lipinski definition) is 4. The third-order valence-corrected chi connectivity index (χ3v) is 13.3. The zero-order valence-electron chi connectivity index (χ0n) is 38.0. The van der Waals surface area contributed by atoms with Gasteiger partial charge < -0.3 is 31.1 Å². The minimum atomic E-state index is -1.18. The van der Waals surface area contributed by atoms with Crippen molar-refractivity contribution in [3.63, 3.8) is 0 Å². The molecular weight excluding hydrogens is 803 g/mol. The van der Waals surface area contributed by atoms with Crippen LogP contribution < -0.4 is 21.3 Å². The fourth-order valence-corrected chi connectivity index (χ4v) is 10.0. The van der Waals surface area contributed by atoms with Crippen molar-refractivity contribution in [1.29, 1.82) is 0 Å². The Morgan fingerprint density at radius 3 is 2.24 bits per heavy atom. The van der Waals surface area contributed by atoms with E-state index in [4.69, 9.17) is 0 Å². The maximum Gasteiger partial charge on any atom is 0.290 e. The summed E-state index contributed by atoms with van der Waals surface area (Å²) in [6, 6.07) is 3.91. The number of amides is 6. The largest absolute Gasteiger partial charge is 0.344 e. The van der Waals surface area contributed by atoms with Crippen molar-refractivity contribution in [3.05, 3.63) is 60.2 Å². The Morgan fingerprint density at radius 2 is 1.60 bits per heavy atom. The molecule has 1 aliphatic carbocycles. The Bertz CT molecular complexity index is 1990. The molecule has 16 heteroatoms. The van der Waals surface area contributed by atoms with Gasteiger partial charge >= 0.3 is 0 Å². The summed E-state index contributed by atoms with van der Waals surface area (Å²) in [6.07, 6.45) is 10.6. The fourth-order valence-electron chi connectivity index (χ4n) is 10.0. The smallest absolute Gasteiger partial charge is 0.290 e. The molecule has 1 spiro atoms. The van der Waals surface area contributed by atoms with Gasteiger partial charge in [0.2, 0.25) is 29.4 Å². The number of carbonyl (C=O) groups is 7. The number of nitrogens with zero attached hydrogens (tertiary/aromatic N) is 5. The molecule has 2 unspecified atom stereocenters. The van der Waals surface area contributed by atoms with E-state index in [2.05, 4.69) is 36.1 Å².